The minimum absolute atomic E-state index is 0.109. The van der Waals surface area contributed by atoms with Crippen molar-refractivity contribution in [3.05, 3.63) is 40.8 Å². The molecule has 0 unspecified atom stereocenters. The van der Waals surface area contributed by atoms with Gasteiger partial charge in [-0.3, -0.25) is 9.59 Å². The number of carbonyl (C=O) groups excluding carboxylic acids is 2. The Morgan fingerprint density at radius 2 is 2.00 bits per heavy atom. The lowest BCUT2D eigenvalue weighted by Gasteiger charge is -2.31. The third kappa shape index (κ3) is 4.16. The monoisotopic (exact) mass is 397 g/mol. The maximum atomic E-state index is 12.8. The number of aromatic nitrogens is 3. The van der Waals surface area contributed by atoms with E-state index in [4.69, 9.17) is 9.51 Å². The van der Waals surface area contributed by atoms with Gasteiger partial charge in [0, 0.05) is 69.7 Å². The zero-order valence-electron chi connectivity index (χ0n) is 17.1. The summed E-state index contributed by atoms with van der Waals surface area (Å²) in [5, 5.41) is 3.93. The second-order valence-corrected chi connectivity index (χ2v) is 7.89. The molecule has 154 valence electrons. The van der Waals surface area contributed by atoms with E-state index in [-0.39, 0.29) is 11.8 Å². The lowest BCUT2D eigenvalue weighted by molar-refractivity contribution is -0.129. The van der Waals surface area contributed by atoms with Gasteiger partial charge in [0.15, 0.2) is 5.69 Å². The molecule has 8 heteroatoms. The Labute approximate surface area is 170 Å². The van der Waals surface area contributed by atoms with Crippen LogP contribution in [0.25, 0.3) is 0 Å². The van der Waals surface area contributed by atoms with E-state index in [1.807, 2.05) is 11.1 Å². The van der Waals surface area contributed by atoms with E-state index < -0.39 is 0 Å². The van der Waals surface area contributed by atoms with Crippen molar-refractivity contribution in [1.82, 2.24) is 24.9 Å². The van der Waals surface area contributed by atoms with Crippen LogP contribution in [0.1, 0.15) is 72.4 Å². The summed E-state index contributed by atoms with van der Waals surface area (Å²) in [7, 11) is 0. The molecule has 1 fully saturated rings. The predicted molar refractivity (Wildman–Crippen MR) is 105 cm³/mol. The summed E-state index contributed by atoms with van der Waals surface area (Å²) in [6.07, 6.45) is 6.10. The van der Waals surface area contributed by atoms with Crippen molar-refractivity contribution in [2.24, 2.45) is 0 Å². The van der Waals surface area contributed by atoms with Crippen molar-refractivity contribution in [1.29, 1.82) is 0 Å². The lowest BCUT2D eigenvalue weighted by atomic mass is 9.95. The van der Waals surface area contributed by atoms with E-state index in [2.05, 4.69) is 17.1 Å². The Balaban J connectivity index is 1.41. The molecule has 0 spiro atoms. The Morgan fingerprint density at radius 1 is 1.21 bits per heavy atom. The number of amides is 2. The summed E-state index contributed by atoms with van der Waals surface area (Å²) >= 11 is 0. The average Bonchev–Trinajstić information content (AvgIpc) is 3.21. The predicted octanol–water partition coefficient (Wildman–Crippen LogP) is 2.34. The van der Waals surface area contributed by atoms with Crippen molar-refractivity contribution in [2.75, 3.05) is 19.6 Å². The number of piperidine rings is 1. The van der Waals surface area contributed by atoms with Crippen LogP contribution in [0, 0.1) is 0 Å². The molecule has 0 aromatic carbocycles. The van der Waals surface area contributed by atoms with Gasteiger partial charge in [-0.25, -0.2) is 9.97 Å². The number of aryl methyl sites for hydroxylation is 1. The average molecular weight is 397 g/mol. The highest BCUT2D eigenvalue weighted by molar-refractivity contribution is 5.92. The second kappa shape index (κ2) is 8.31. The SMILES string of the molecule is CCCc1cc(C(=O)N2CCc3nc(C4CCN(C(C)=O)CC4)ncc3C2)no1. The summed E-state index contributed by atoms with van der Waals surface area (Å²) in [6, 6.07) is 1.74. The van der Waals surface area contributed by atoms with Gasteiger partial charge >= 0.3 is 0 Å². The molecule has 1 saturated heterocycles. The maximum Gasteiger partial charge on any atom is 0.276 e. The Morgan fingerprint density at radius 3 is 2.72 bits per heavy atom. The number of hydrogen-bond donors (Lipinski definition) is 0. The van der Waals surface area contributed by atoms with E-state index in [1.165, 1.54) is 0 Å². The van der Waals surface area contributed by atoms with Crippen LogP contribution in [0.2, 0.25) is 0 Å². The topological polar surface area (TPSA) is 92.4 Å². The van der Waals surface area contributed by atoms with Gasteiger partial charge < -0.3 is 14.3 Å². The molecule has 4 heterocycles. The van der Waals surface area contributed by atoms with Crippen LogP contribution in [0.4, 0.5) is 0 Å². The fraction of sp³-hybridized carbons (Fsp3) is 0.571. The van der Waals surface area contributed by atoms with Crippen LogP contribution < -0.4 is 0 Å². The highest BCUT2D eigenvalue weighted by Crippen LogP contribution is 2.27. The van der Waals surface area contributed by atoms with Crippen molar-refractivity contribution in [2.45, 2.75) is 58.4 Å². The normalized spacial score (nSPS) is 17.3. The second-order valence-electron chi connectivity index (χ2n) is 7.89. The number of carbonyl (C=O) groups is 2. The van der Waals surface area contributed by atoms with Gasteiger partial charge in [-0.2, -0.15) is 0 Å². The number of nitrogens with zero attached hydrogens (tertiary/aromatic N) is 5. The first-order valence-electron chi connectivity index (χ1n) is 10.4. The molecule has 0 radical (unpaired) electrons. The van der Waals surface area contributed by atoms with Gasteiger partial charge in [-0.15, -0.1) is 0 Å². The summed E-state index contributed by atoms with van der Waals surface area (Å²) < 4.78 is 5.24. The minimum Gasteiger partial charge on any atom is -0.361 e. The van der Waals surface area contributed by atoms with Crippen LogP contribution in [0.3, 0.4) is 0 Å². The fourth-order valence-corrected chi connectivity index (χ4v) is 4.09. The molecule has 0 bridgehead atoms. The summed E-state index contributed by atoms with van der Waals surface area (Å²) in [6.45, 7) is 6.31. The lowest BCUT2D eigenvalue weighted by Crippen LogP contribution is -2.38. The van der Waals surface area contributed by atoms with Crippen LogP contribution in [-0.4, -0.2) is 56.4 Å². The molecule has 0 atom stereocenters. The molecule has 0 saturated carbocycles. The maximum absolute atomic E-state index is 12.8. The van der Waals surface area contributed by atoms with Crippen molar-refractivity contribution < 1.29 is 14.1 Å². The quantitative estimate of drug-likeness (QED) is 0.786. The minimum atomic E-state index is -0.109. The smallest absolute Gasteiger partial charge is 0.276 e. The highest BCUT2D eigenvalue weighted by Gasteiger charge is 2.28. The highest BCUT2D eigenvalue weighted by atomic mass is 16.5. The van der Waals surface area contributed by atoms with Crippen molar-refractivity contribution >= 4 is 11.8 Å². The molecule has 0 aliphatic carbocycles. The van der Waals surface area contributed by atoms with Crippen LogP contribution in [0.5, 0.6) is 0 Å². The van der Waals surface area contributed by atoms with Gasteiger partial charge in [-0.05, 0) is 19.3 Å². The summed E-state index contributed by atoms with van der Waals surface area (Å²) in [5.74, 6) is 1.93. The van der Waals surface area contributed by atoms with Gasteiger partial charge in [0.1, 0.15) is 11.6 Å². The largest absolute Gasteiger partial charge is 0.361 e. The van der Waals surface area contributed by atoms with E-state index in [0.29, 0.717) is 31.1 Å². The Bertz CT molecular complexity index is 901. The van der Waals surface area contributed by atoms with Gasteiger partial charge in [-0.1, -0.05) is 12.1 Å². The first-order chi connectivity index (χ1) is 14.0. The van der Waals surface area contributed by atoms with Crippen LogP contribution >= 0.6 is 0 Å². The van der Waals surface area contributed by atoms with Gasteiger partial charge in [0.2, 0.25) is 5.91 Å². The van der Waals surface area contributed by atoms with Crippen LogP contribution in [-0.2, 0) is 24.2 Å². The van der Waals surface area contributed by atoms with E-state index in [1.54, 1.807) is 17.9 Å². The molecule has 2 aliphatic heterocycles. The molecular formula is C21H27N5O3. The molecule has 29 heavy (non-hydrogen) atoms. The molecule has 2 aromatic heterocycles. The number of hydrogen-bond acceptors (Lipinski definition) is 6. The van der Waals surface area contributed by atoms with Crippen LogP contribution in [0.15, 0.2) is 16.8 Å². The van der Waals surface area contributed by atoms with E-state index in [0.717, 1.165) is 61.6 Å². The fourth-order valence-electron chi connectivity index (χ4n) is 4.09. The number of rotatable bonds is 4. The van der Waals surface area contributed by atoms with Gasteiger partial charge in [0.05, 0.1) is 5.69 Å². The molecule has 2 aromatic rings. The van der Waals surface area contributed by atoms with Gasteiger partial charge in [0.25, 0.3) is 5.91 Å². The molecule has 8 nitrogen and oxygen atoms in total. The third-order valence-corrected chi connectivity index (χ3v) is 5.82. The number of fused-ring (bicyclic) bond motifs is 1. The van der Waals surface area contributed by atoms with Crippen molar-refractivity contribution in [3.63, 3.8) is 0 Å². The zero-order valence-corrected chi connectivity index (χ0v) is 17.1. The molecule has 0 N–H and O–H groups in total. The Kier molecular flexibility index (Phi) is 5.60. The molecule has 4 rings (SSSR count). The Hall–Kier alpha value is -2.77. The number of likely N-dealkylation sites (tertiary alicyclic amines) is 1. The van der Waals surface area contributed by atoms with Crippen molar-refractivity contribution in [3.8, 4) is 0 Å². The standard InChI is InChI=1S/C21H27N5O3/c1-3-4-17-11-19(24-29-17)21(28)26-10-7-18-16(13-26)12-22-20(23-18)15-5-8-25(9-6-15)14(2)27/h11-12,15H,3-10,13H2,1-2H3. The summed E-state index contributed by atoms with van der Waals surface area (Å²) in [4.78, 5) is 37.3. The van der Waals surface area contributed by atoms with E-state index in [9.17, 15) is 9.59 Å². The molecule has 2 aliphatic rings. The molecular weight excluding hydrogens is 370 g/mol. The first kappa shape index (κ1) is 19.5. The first-order valence-corrected chi connectivity index (χ1v) is 10.4. The summed E-state index contributed by atoms with van der Waals surface area (Å²) in [5.41, 5.74) is 2.39. The molecule has 2 amide bonds. The van der Waals surface area contributed by atoms with E-state index >= 15 is 0 Å². The zero-order chi connectivity index (χ0) is 20.4. The third-order valence-electron chi connectivity index (χ3n) is 5.82.